The van der Waals surface area contributed by atoms with Crippen LogP contribution in [0.2, 0.25) is 0 Å². The van der Waals surface area contributed by atoms with E-state index in [2.05, 4.69) is 4.18 Å². The van der Waals surface area contributed by atoms with Crippen molar-refractivity contribution < 1.29 is 35.3 Å². The van der Waals surface area contributed by atoms with Crippen molar-refractivity contribution in [3.05, 3.63) is 0 Å². The van der Waals surface area contributed by atoms with E-state index < -0.39 is 27.9 Å². The molecule has 3 rings (SSSR count). The Morgan fingerprint density at radius 2 is 1.75 bits per heavy atom. The lowest BCUT2D eigenvalue weighted by atomic mass is 9.80. The number of rotatable bonds is 5. The van der Waals surface area contributed by atoms with E-state index in [-0.39, 0.29) is 12.5 Å². The Morgan fingerprint density at radius 1 is 1.14 bits per heavy atom. The van der Waals surface area contributed by atoms with E-state index in [4.69, 9.17) is 4.74 Å². The van der Waals surface area contributed by atoms with E-state index in [0.717, 1.165) is 39.2 Å². The van der Waals surface area contributed by atoms with Crippen molar-refractivity contribution in [2.24, 2.45) is 29.1 Å². The molecule has 0 aromatic rings. The lowest BCUT2D eigenvalue weighted by Crippen LogP contribution is -2.45. The summed E-state index contributed by atoms with van der Waals surface area (Å²) in [7, 11) is -1.04. The van der Waals surface area contributed by atoms with Crippen LogP contribution in [-0.2, 0) is 24.0 Å². The van der Waals surface area contributed by atoms with Crippen LogP contribution in [0.4, 0.5) is 13.2 Å². The Morgan fingerprint density at radius 3 is 2.21 bits per heavy atom. The van der Waals surface area contributed by atoms with Gasteiger partial charge in [-0.1, -0.05) is 13.3 Å². The molecule has 0 saturated heterocycles. The van der Waals surface area contributed by atoms with Gasteiger partial charge in [0.25, 0.3) is 0 Å². The molecule has 2 bridgehead atoms. The van der Waals surface area contributed by atoms with Gasteiger partial charge in [-0.05, 0) is 62.7 Å². The van der Waals surface area contributed by atoms with Gasteiger partial charge in [0.05, 0.1) is 7.11 Å². The minimum absolute atomic E-state index is 0.276. The zero-order chi connectivity index (χ0) is 21.3. The minimum atomic E-state index is -4.55. The lowest BCUT2D eigenvalue weighted by molar-refractivity contribution is -0.234. The standard InChI is InChI=1S/C16H23F3O2.C2H7NO3S/c1-3-15(2,16(17,18)19)14(20)21-13-8-9-7-12(13)11-6-4-5-10(9)11;1-3-7(4,5)6-2/h9-13H,3-8H2,1-2H3;3H,1-2H3. The second-order valence-electron chi connectivity index (χ2n) is 8.11. The Kier molecular flexibility index (Phi) is 7.08. The molecule has 0 radical (unpaired) electrons. The molecule has 6 nitrogen and oxygen atoms in total. The molecule has 3 saturated carbocycles. The second kappa shape index (κ2) is 8.47. The third kappa shape index (κ3) is 4.48. The van der Waals surface area contributed by atoms with Gasteiger partial charge in [0.15, 0.2) is 5.41 Å². The first-order valence-electron chi connectivity index (χ1n) is 9.67. The highest BCUT2D eigenvalue weighted by atomic mass is 32.2. The highest BCUT2D eigenvalue weighted by molar-refractivity contribution is 7.84. The number of ether oxygens (including phenoxy) is 1. The molecule has 0 spiro atoms. The van der Waals surface area contributed by atoms with E-state index in [1.54, 1.807) is 0 Å². The van der Waals surface area contributed by atoms with Crippen LogP contribution >= 0.6 is 0 Å². The van der Waals surface area contributed by atoms with E-state index in [1.165, 1.54) is 26.8 Å². The number of carbonyl (C=O) groups is 1. The Bertz CT molecular complexity index is 659. The number of hydrogen-bond donors (Lipinski definition) is 1. The largest absolute Gasteiger partial charge is 0.461 e. The fraction of sp³-hybridized carbons (Fsp3) is 0.944. The zero-order valence-corrected chi connectivity index (χ0v) is 17.5. The SMILES string of the molecule is CCC(C)(C(=O)OC1CC2CC1C1CCCC21)C(F)(F)F.CNS(=O)(=O)OC. The van der Waals surface area contributed by atoms with Gasteiger partial charge >= 0.3 is 22.4 Å². The molecule has 28 heavy (non-hydrogen) atoms. The van der Waals surface area contributed by atoms with Gasteiger partial charge in [-0.3, -0.25) is 8.98 Å². The summed E-state index contributed by atoms with van der Waals surface area (Å²) in [5.74, 6) is 1.12. The normalized spacial score (nSPS) is 33.6. The van der Waals surface area contributed by atoms with Crippen LogP contribution in [0.3, 0.4) is 0 Å². The quantitative estimate of drug-likeness (QED) is 0.677. The number of hydrogen-bond acceptors (Lipinski definition) is 5. The zero-order valence-electron chi connectivity index (χ0n) is 16.7. The van der Waals surface area contributed by atoms with Gasteiger partial charge in [0.1, 0.15) is 6.10 Å². The van der Waals surface area contributed by atoms with E-state index in [9.17, 15) is 26.4 Å². The number of fused-ring (bicyclic) bond motifs is 5. The third-order valence-electron chi connectivity index (χ3n) is 6.88. The molecular formula is C18H30F3NO5S. The van der Waals surface area contributed by atoms with Crippen LogP contribution in [0.5, 0.6) is 0 Å². The van der Waals surface area contributed by atoms with Crippen LogP contribution in [0.15, 0.2) is 0 Å². The summed E-state index contributed by atoms with van der Waals surface area (Å²) in [6, 6.07) is 0. The molecule has 3 fully saturated rings. The Balaban J connectivity index is 0.000000345. The van der Waals surface area contributed by atoms with Crippen LogP contribution in [0.1, 0.15) is 52.4 Å². The first-order valence-corrected chi connectivity index (χ1v) is 11.1. The molecule has 0 amide bonds. The average molecular weight is 430 g/mol. The molecule has 1 N–H and O–H groups in total. The second-order valence-corrected chi connectivity index (χ2v) is 9.76. The van der Waals surface area contributed by atoms with Crippen LogP contribution in [-0.4, -0.2) is 40.8 Å². The van der Waals surface area contributed by atoms with Gasteiger partial charge in [0.2, 0.25) is 0 Å². The molecule has 6 atom stereocenters. The van der Waals surface area contributed by atoms with Crippen LogP contribution in [0, 0.1) is 29.1 Å². The van der Waals surface area contributed by atoms with Gasteiger partial charge in [-0.15, -0.1) is 0 Å². The summed E-state index contributed by atoms with van der Waals surface area (Å²) >= 11 is 0. The fourth-order valence-electron chi connectivity index (χ4n) is 4.95. The topological polar surface area (TPSA) is 81.7 Å². The van der Waals surface area contributed by atoms with Gasteiger partial charge in [-0.2, -0.15) is 26.3 Å². The lowest BCUT2D eigenvalue weighted by Gasteiger charge is -2.35. The average Bonchev–Trinajstić information content (AvgIpc) is 3.33. The highest BCUT2D eigenvalue weighted by Gasteiger charge is 2.59. The van der Waals surface area contributed by atoms with Crippen LogP contribution in [0.25, 0.3) is 0 Å². The third-order valence-corrected chi connectivity index (χ3v) is 7.82. The van der Waals surface area contributed by atoms with Crippen molar-refractivity contribution in [2.45, 2.75) is 64.7 Å². The monoisotopic (exact) mass is 429 g/mol. The summed E-state index contributed by atoms with van der Waals surface area (Å²) in [6.07, 6.45) is 0.339. The van der Waals surface area contributed by atoms with Gasteiger partial charge in [0, 0.05) is 7.05 Å². The van der Waals surface area contributed by atoms with E-state index in [1.807, 2.05) is 4.72 Å². The molecule has 0 aliphatic heterocycles. The molecule has 10 heteroatoms. The van der Waals surface area contributed by atoms with Crippen LogP contribution < -0.4 is 4.72 Å². The predicted octanol–water partition coefficient (Wildman–Crippen LogP) is 3.43. The molecule has 0 aromatic heterocycles. The first kappa shape index (κ1) is 23.4. The number of alkyl halides is 3. The van der Waals surface area contributed by atoms with Crippen molar-refractivity contribution in [2.75, 3.05) is 14.2 Å². The molecule has 6 unspecified atom stereocenters. The molecule has 164 valence electrons. The number of esters is 1. The molecule has 0 aromatic carbocycles. The van der Waals surface area contributed by atoms with Crippen molar-refractivity contribution in [1.29, 1.82) is 0 Å². The number of halogens is 3. The fourth-order valence-corrected chi connectivity index (χ4v) is 5.12. The summed E-state index contributed by atoms with van der Waals surface area (Å²) in [6.45, 7) is 2.35. The van der Waals surface area contributed by atoms with E-state index in [0.29, 0.717) is 17.8 Å². The van der Waals surface area contributed by atoms with Crippen molar-refractivity contribution in [1.82, 2.24) is 4.72 Å². The summed E-state index contributed by atoms with van der Waals surface area (Å²) in [4.78, 5) is 12.1. The number of nitrogens with one attached hydrogen (secondary N) is 1. The van der Waals surface area contributed by atoms with Gasteiger partial charge in [-0.25, -0.2) is 0 Å². The Labute approximate surface area is 164 Å². The predicted molar refractivity (Wildman–Crippen MR) is 96.4 cm³/mol. The summed E-state index contributed by atoms with van der Waals surface area (Å²) < 4.78 is 70.7. The molecule has 3 aliphatic carbocycles. The van der Waals surface area contributed by atoms with Crippen molar-refractivity contribution >= 4 is 16.3 Å². The highest BCUT2D eigenvalue weighted by Crippen LogP contribution is 2.59. The van der Waals surface area contributed by atoms with Crippen molar-refractivity contribution in [3.8, 4) is 0 Å². The molecular weight excluding hydrogens is 399 g/mol. The minimum Gasteiger partial charge on any atom is -0.461 e. The van der Waals surface area contributed by atoms with Gasteiger partial charge < -0.3 is 4.74 Å². The maximum atomic E-state index is 13.1. The summed E-state index contributed by atoms with van der Waals surface area (Å²) in [5.41, 5.74) is -2.37. The maximum absolute atomic E-state index is 13.1. The number of carbonyl (C=O) groups excluding carboxylic acids is 1. The summed E-state index contributed by atoms with van der Waals surface area (Å²) in [5, 5.41) is 0. The maximum Gasteiger partial charge on any atom is 0.404 e. The smallest absolute Gasteiger partial charge is 0.404 e. The molecule has 3 aliphatic rings. The van der Waals surface area contributed by atoms with Crippen molar-refractivity contribution in [3.63, 3.8) is 0 Å². The van der Waals surface area contributed by atoms with E-state index >= 15 is 0 Å². The Hall–Kier alpha value is -0.870. The first-order chi connectivity index (χ1) is 12.9. The molecule has 0 heterocycles.